The molecule has 0 radical (unpaired) electrons. The molecule has 10 nitrogen and oxygen atoms in total. The fraction of sp³-hybridized carbons (Fsp3) is 0.643. The average Bonchev–Trinajstić information content (AvgIpc) is 2.88. The van der Waals surface area contributed by atoms with Crippen LogP contribution in [0, 0.1) is 5.92 Å². The molecule has 0 bridgehead atoms. The minimum Gasteiger partial charge on any atom is -0.468 e. The summed E-state index contributed by atoms with van der Waals surface area (Å²) in [6, 6.07) is 4.05. The lowest BCUT2D eigenvalue weighted by Gasteiger charge is -2.18. The summed E-state index contributed by atoms with van der Waals surface area (Å²) < 4.78 is 25.9. The number of hydrogen-bond donors (Lipinski definition) is 1. The molecule has 0 saturated carbocycles. The van der Waals surface area contributed by atoms with Crippen molar-refractivity contribution in [3.63, 3.8) is 0 Å². The first-order valence-electron chi connectivity index (χ1n) is 13.3. The van der Waals surface area contributed by atoms with E-state index in [1.165, 1.54) is 7.11 Å². The summed E-state index contributed by atoms with van der Waals surface area (Å²) in [6.07, 6.45) is 3.69. The number of hydrogen-bond acceptors (Lipinski definition) is 10. The number of nitrogens with one attached hydrogen (secondary N) is 1. The number of methoxy groups -OCH3 is 1. The van der Waals surface area contributed by atoms with Gasteiger partial charge in [0.1, 0.15) is 12.6 Å². The van der Waals surface area contributed by atoms with Crippen molar-refractivity contribution in [1.82, 2.24) is 5.32 Å². The van der Waals surface area contributed by atoms with Gasteiger partial charge in [-0.05, 0) is 49.3 Å². The topological polar surface area (TPSA) is 126 Å². The maximum atomic E-state index is 12.4. The van der Waals surface area contributed by atoms with Gasteiger partial charge in [-0.2, -0.15) is 0 Å². The van der Waals surface area contributed by atoms with E-state index >= 15 is 0 Å². The summed E-state index contributed by atoms with van der Waals surface area (Å²) in [4.78, 5) is 48.5. The van der Waals surface area contributed by atoms with Crippen molar-refractivity contribution < 1.29 is 42.9 Å². The molecule has 1 N–H and O–H groups in total. The van der Waals surface area contributed by atoms with Crippen LogP contribution in [0.1, 0.15) is 78.2 Å². The Morgan fingerprint density at radius 2 is 1.47 bits per heavy atom. The summed E-state index contributed by atoms with van der Waals surface area (Å²) >= 11 is 0. The highest BCUT2D eigenvalue weighted by molar-refractivity contribution is 5.77. The largest absolute Gasteiger partial charge is 0.508 e. The molecule has 0 aliphatic carbocycles. The van der Waals surface area contributed by atoms with Gasteiger partial charge in [0.05, 0.1) is 13.7 Å². The number of carbonyl (C=O) groups is 4. The maximum absolute atomic E-state index is 12.4. The van der Waals surface area contributed by atoms with Crippen LogP contribution in [-0.4, -0.2) is 57.0 Å². The zero-order valence-corrected chi connectivity index (χ0v) is 23.3. The molecule has 0 unspecified atom stereocenters. The van der Waals surface area contributed by atoms with E-state index in [4.69, 9.17) is 23.7 Å². The molecule has 0 aliphatic rings. The van der Waals surface area contributed by atoms with Crippen LogP contribution in [-0.2, 0) is 35.0 Å². The first-order valence-corrected chi connectivity index (χ1v) is 13.3. The Kier molecular flexibility index (Phi) is 16.4. The van der Waals surface area contributed by atoms with Gasteiger partial charge in [-0.1, -0.05) is 46.6 Å². The van der Waals surface area contributed by atoms with Crippen LogP contribution in [0.25, 0.3) is 0 Å². The summed E-state index contributed by atoms with van der Waals surface area (Å²) in [5.41, 5.74) is 0.647. The van der Waals surface area contributed by atoms with Gasteiger partial charge < -0.3 is 29.0 Å². The Balaban J connectivity index is 2.86. The van der Waals surface area contributed by atoms with Crippen LogP contribution >= 0.6 is 0 Å². The van der Waals surface area contributed by atoms with E-state index in [0.717, 1.165) is 19.3 Å². The number of rotatable bonds is 18. The minimum absolute atomic E-state index is 0.000940. The molecular weight excluding hydrogens is 494 g/mol. The Hall–Kier alpha value is -3.14. The van der Waals surface area contributed by atoms with Gasteiger partial charge in [0, 0.05) is 19.4 Å². The highest BCUT2D eigenvalue weighted by atomic mass is 16.7. The van der Waals surface area contributed by atoms with E-state index in [2.05, 4.69) is 5.32 Å². The van der Waals surface area contributed by atoms with Gasteiger partial charge in [0.25, 0.3) is 0 Å². The fourth-order valence-electron chi connectivity index (χ4n) is 3.24. The molecule has 0 aromatic heterocycles. The van der Waals surface area contributed by atoms with Crippen molar-refractivity contribution in [2.75, 3.05) is 26.9 Å². The normalized spacial score (nSPS) is 11.5. The van der Waals surface area contributed by atoms with Crippen LogP contribution in [0.15, 0.2) is 18.2 Å². The highest BCUT2D eigenvalue weighted by Crippen LogP contribution is 2.30. The van der Waals surface area contributed by atoms with Crippen molar-refractivity contribution in [3.05, 3.63) is 23.8 Å². The zero-order valence-electron chi connectivity index (χ0n) is 23.3. The summed E-state index contributed by atoms with van der Waals surface area (Å²) in [6.45, 7) is 8.46. The number of ether oxygens (including phenoxy) is 5. The zero-order chi connectivity index (χ0) is 28.3. The number of carbonyl (C=O) groups excluding carboxylic acids is 4. The average molecular weight is 538 g/mol. The van der Waals surface area contributed by atoms with E-state index in [-0.39, 0.29) is 50.5 Å². The van der Waals surface area contributed by atoms with Crippen LogP contribution in [0.2, 0.25) is 0 Å². The van der Waals surface area contributed by atoms with Gasteiger partial charge in [0.15, 0.2) is 11.5 Å². The van der Waals surface area contributed by atoms with E-state index < -0.39 is 30.1 Å². The van der Waals surface area contributed by atoms with Crippen LogP contribution in [0.3, 0.4) is 0 Å². The fourth-order valence-corrected chi connectivity index (χ4v) is 3.24. The Labute approximate surface area is 225 Å². The summed E-state index contributed by atoms with van der Waals surface area (Å²) in [7, 11) is 1.28. The van der Waals surface area contributed by atoms with Gasteiger partial charge in [0.2, 0.25) is 0 Å². The lowest BCUT2D eigenvalue weighted by atomic mass is 10.1. The number of benzene rings is 1. The maximum Gasteiger partial charge on any atom is 0.508 e. The van der Waals surface area contributed by atoms with Gasteiger partial charge in [-0.3, -0.25) is 14.4 Å². The monoisotopic (exact) mass is 537 g/mol. The summed E-state index contributed by atoms with van der Waals surface area (Å²) in [5, 5.41) is 3.01. The molecule has 0 saturated heterocycles. The second-order valence-corrected chi connectivity index (χ2v) is 9.30. The van der Waals surface area contributed by atoms with Crippen LogP contribution < -0.4 is 14.8 Å². The molecule has 38 heavy (non-hydrogen) atoms. The second kappa shape index (κ2) is 19.0. The van der Waals surface area contributed by atoms with Crippen molar-refractivity contribution in [3.8, 4) is 11.5 Å². The third-order valence-corrected chi connectivity index (χ3v) is 5.48. The minimum atomic E-state index is -0.763. The SMILES string of the molecule is CCCCC(=O)Oc1ccc(C[C@H](NCCOC(=O)OCCC(C)C)C(=O)OC)cc1OC(=O)CCCC. The Morgan fingerprint density at radius 1 is 0.868 bits per heavy atom. The lowest BCUT2D eigenvalue weighted by molar-refractivity contribution is -0.143. The molecule has 0 fully saturated rings. The van der Waals surface area contributed by atoms with Crippen molar-refractivity contribution in [2.24, 2.45) is 5.92 Å². The summed E-state index contributed by atoms with van der Waals surface area (Å²) in [5.74, 6) is -0.692. The predicted molar refractivity (Wildman–Crippen MR) is 141 cm³/mol. The molecule has 10 heteroatoms. The molecule has 214 valence electrons. The van der Waals surface area contributed by atoms with E-state index in [1.54, 1.807) is 18.2 Å². The molecule has 0 spiro atoms. The van der Waals surface area contributed by atoms with Crippen LogP contribution in [0.5, 0.6) is 11.5 Å². The lowest BCUT2D eigenvalue weighted by Crippen LogP contribution is -2.41. The second-order valence-electron chi connectivity index (χ2n) is 9.30. The van der Waals surface area contributed by atoms with Gasteiger partial charge in [-0.15, -0.1) is 0 Å². The molecule has 0 heterocycles. The van der Waals surface area contributed by atoms with E-state index in [1.807, 2.05) is 27.7 Å². The smallest absolute Gasteiger partial charge is 0.468 e. The first kappa shape index (κ1) is 32.9. The molecule has 1 rings (SSSR count). The molecule has 0 aliphatic heterocycles. The molecule has 1 aromatic carbocycles. The third-order valence-electron chi connectivity index (χ3n) is 5.48. The molecular formula is C28H43NO9. The van der Waals surface area contributed by atoms with Gasteiger partial charge >= 0.3 is 24.1 Å². The predicted octanol–water partition coefficient (Wildman–Crippen LogP) is 4.75. The van der Waals surface area contributed by atoms with Crippen LogP contribution in [0.4, 0.5) is 4.79 Å². The number of unbranched alkanes of at least 4 members (excludes halogenated alkanes) is 2. The molecule has 0 amide bonds. The van der Waals surface area contributed by atoms with Crippen molar-refractivity contribution in [2.45, 2.75) is 85.1 Å². The van der Waals surface area contributed by atoms with Crippen molar-refractivity contribution >= 4 is 24.1 Å². The Bertz CT molecular complexity index is 885. The quantitative estimate of drug-likeness (QED) is 0.159. The van der Waals surface area contributed by atoms with E-state index in [9.17, 15) is 19.2 Å². The Morgan fingerprint density at radius 3 is 2.05 bits per heavy atom. The molecule has 1 aromatic rings. The molecule has 1 atom stereocenters. The van der Waals surface area contributed by atoms with Crippen molar-refractivity contribution in [1.29, 1.82) is 0 Å². The van der Waals surface area contributed by atoms with Gasteiger partial charge in [-0.25, -0.2) is 4.79 Å². The third kappa shape index (κ3) is 14.0. The number of esters is 3. The van der Waals surface area contributed by atoms with E-state index in [0.29, 0.717) is 24.3 Å². The highest BCUT2D eigenvalue weighted by Gasteiger charge is 2.21. The first-order chi connectivity index (χ1) is 18.2. The standard InChI is InChI=1S/C28H43NO9/c1-6-8-10-25(30)37-23-13-12-21(19-24(23)38-26(31)11-9-7-2)18-22(27(32)34-5)29-15-17-36-28(33)35-16-14-20(3)4/h12-13,19-20,22,29H,6-11,14-18H2,1-5H3/t22-/m0/s1.